The molecule has 1 unspecified atom stereocenters. The molecule has 1 saturated heterocycles. The molecule has 1 aliphatic rings. The molecule has 0 amide bonds. The fourth-order valence-electron chi connectivity index (χ4n) is 1.12. The van der Waals surface area contributed by atoms with Gasteiger partial charge in [-0.3, -0.25) is 0 Å². The van der Waals surface area contributed by atoms with E-state index in [2.05, 4.69) is 20.8 Å². The molecule has 0 aromatic rings. The summed E-state index contributed by atoms with van der Waals surface area (Å²) in [5.74, 6) is 0.563. The van der Waals surface area contributed by atoms with Crippen molar-refractivity contribution in [2.24, 2.45) is 5.92 Å². The smallest absolute Gasteiger partial charge is 0.160 e. The van der Waals surface area contributed by atoms with Gasteiger partial charge in [0.2, 0.25) is 0 Å². The van der Waals surface area contributed by atoms with Gasteiger partial charge < -0.3 is 4.74 Å². The number of hydrogen-bond acceptors (Lipinski definition) is 2. The van der Waals surface area contributed by atoms with Crippen molar-refractivity contribution >= 4 is 17.3 Å². The molecule has 1 heterocycles. The van der Waals surface area contributed by atoms with Crippen molar-refractivity contribution in [3.05, 3.63) is 0 Å². The van der Waals surface area contributed by atoms with Crippen molar-refractivity contribution in [1.82, 2.24) is 0 Å². The van der Waals surface area contributed by atoms with Crippen LogP contribution in [0.3, 0.4) is 0 Å². The zero-order valence-corrected chi connectivity index (χ0v) is 7.62. The molecule has 0 aliphatic carbocycles. The van der Waals surface area contributed by atoms with Gasteiger partial charge in [-0.05, 0) is 31.5 Å². The van der Waals surface area contributed by atoms with E-state index in [1.54, 1.807) is 0 Å². The molecule has 1 rings (SSSR count). The number of rotatable bonds is 1. The van der Waals surface area contributed by atoms with Crippen molar-refractivity contribution in [3.8, 4) is 0 Å². The van der Waals surface area contributed by atoms with E-state index in [0.29, 0.717) is 5.92 Å². The molecule has 1 fully saturated rings. The molecule has 0 aromatic heterocycles. The lowest BCUT2D eigenvalue weighted by atomic mass is 9.90. The van der Waals surface area contributed by atoms with E-state index in [0.717, 1.165) is 17.9 Å². The van der Waals surface area contributed by atoms with Crippen LogP contribution in [0.25, 0.3) is 0 Å². The van der Waals surface area contributed by atoms with Crippen LogP contribution in [0.15, 0.2) is 0 Å². The summed E-state index contributed by atoms with van der Waals surface area (Å²) in [5, 5.41) is 0.788. The van der Waals surface area contributed by atoms with E-state index < -0.39 is 0 Å². The second kappa shape index (κ2) is 2.50. The Hall–Kier alpha value is -0.110. The molecule has 10 heavy (non-hydrogen) atoms. The van der Waals surface area contributed by atoms with Crippen LogP contribution >= 0.6 is 12.2 Å². The van der Waals surface area contributed by atoms with E-state index in [1.165, 1.54) is 0 Å². The van der Waals surface area contributed by atoms with Crippen molar-refractivity contribution in [2.75, 3.05) is 0 Å². The predicted molar refractivity (Wildman–Crippen MR) is 46.2 cm³/mol. The maximum atomic E-state index is 5.54. The first kappa shape index (κ1) is 7.99. The molecule has 2 heteroatoms. The number of hydrogen-bond donors (Lipinski definition) is 0. The van der Waals surface area contributed by atoms with Crippen LogP contribution < -0.4 is 0 Å². The lowest BCUT2D eigenvalue weighted by Crippen LogP contribution is -2.30. The minimum Gasteiger partial charge on any atom is -0.481 e. The van der Waals surface area contributed by atoms with Crippen molar-refractivity contribution in [2.45, 2.75) is 39.2 Å². The topological polar surface area (TPSA) is 9.23 Å². The predicted octanol–water partition coefficient (Wildman–Crippen LogP) is 2.54. The Morgan fingerprint density at radius 3 is 2.40 bits per heavy atom. The molecule has 0 spiro atoms. The summed E-state index contributed by atoms with van der Waals surface area (Å²) in [4.78, 5) is 0. The lowest BCUT2D eigenvalue weighted by molar-refractivity contribution is 0.0539. The third-order valence-corrected chi connectivity index (χ3v) is 2.68. The van der Waals surface area contributed by atoms with Gasteiger partial charge in [-0.15, -0.1) is 0 Å². The molecular formula is C8H14OS. The monoisotopic (exact) mass is 158 g/mol. The quantitative estimate of drug-likeness (QED) is 0.542. The van der Waals surface area contributed by atoms with Crippen LogP contribution in [0, 0.1) is 5.92 Å². The lowest BCUT2D eigenvalue weighted by Gasteiger charge is -2.27. The molecular weight excluding hydrogens is 144 g/mol. The summed E-state index contributed by atoms with van der Waals surface area (Å²) in [6.07, 6.45) is 2.05. The van der Waals surface area contributed by atoms with E-state index in [-0.39, 0.29) is 5.60 Å². The van der Waals surface area contributed by atoms with E-state index in [9.17, 15) is 0 Å². The highest BCUT2D eigenvalue weighted by atomic mass is 32.1. The summed E-state index contributed by atoms with van der Waals surface area (Å²) >= 11 is 4.96. The van der Waals surface area contributed by atoms with Gasteiger partial charge in [-0.25, -0.2) is 0 Å². The Balaban J connectivity index is 2.63. The van der Waals surface area contributed by atoms with Crippen LogP contribution in [0.1, 0.15) is 33.6 Å². The van der Waals surface area contributed by atoms with Crippen LogP contribution in [0.5, 0.6) is 0 Å². The third kappa shape index (κ3) is 1.31. The summed E-state index contributed by atoms with van der Waals surface area (Å²) in [6, 6.07) is 0. The average Bonchev–Trinajstić information content (AvgIpc) is 2.13. The standard InChI is InChI=1S/C8H14OS/c1-6(2)8(3)5-4-7(10)9-8/h6H,4-5H2,1-3H3. The fourth-order valence-corrected chi connectivity index (χ4v) is 1.41. The molecule has 58 valence electrons. The van der Waals surface area contributed by atoms with Gasteiger partial charge in [-0.2, -0.15) is 0 Å². The van der Waals surface area contributed by atoms with E-state index in [4.69, 9.17) is 17.0 Å². The second-order valence-corrected chi connectivity index (χ2v) is 3.90. The Morgan fingerprint density at radius 1 is 1.60 bits per heavy atom. The van der Waals surface area contributed by atoms with Crippen molar-refractivity contribution < 1.29 is 4.74 Å². The minimum absolute atomic E-state index is 0.0249. The van der Waals surface area contributed by atoms with Crippen LogP contribution in [-0.4, -0.2) is 10.7 Å². The van der Waals surface area contributed by atoms with Crippen LogP contribution in [0.4, 0.5) is 0 Å². The highest BCUT2D eigenvalue weighted by Crippen LogP contribution is 2.33. The number of thiocarbonyl (C=S) groups is 1. The van der Waals surface area contributed by atoms with E-state index in [1.807, 2.05) is 0 Å². The van der Waals surface area contributed by atoms with E-state index >= 15 is 0 Å². The Kier molecular flexibility index (Phi) is 1.99. The number of ether oxygens (including phenoxy) is 1. The van der Waals surface area contributed by atoms with Gasteiger partial charge in [0.1, 0.15) is 5.60 Å². The van der Waals surface area contributed by atoms with Gasteiger partial charge in [0.15, 0.2) is 5.05 Å². The molecule has 1 aliphatic heterocycles. The molecule has 0 N–H and O–H groups in total. The summed E-state index contributed by atoms with van der Waals surface area (Å²) in [7, 11) is 0. The largest absolute Gasteiger partial charge is 0.481 e. The van der Waals surface area contributed by atoms with Gasteiger partial charge in [0, 0.05) is 6.42 Å². The first-order valence-electron chi connectivity index (χ1n) is 3.76. The fraction of sp³-hybridized carbons (Fsp3) is 0.875. The second-order valence-electron chi connectivity index (χ2n) is 3.44. The van der Waals surface area contributed by atoms with Crippen molar-refractivity contribution in [3.63, 3.8) is 0 Å². The van der Waals surface area contributed by atoms with Crippen LogP contribution in [-0.2, 0) is 4.74 Å². The highest BCUT2D eigenvalue weighted by Gasteiger charge is 2.36. The molecule has 0 saturated carbocycles. The molecule has 1 atom stereocenters. The molecule has 0 bridgehead atoms. The van der Waals surface area contributed by atoms with Gasteiger partial charge >= 0.3 is 0 Å². The van der Waals surface area contributed by atoms with Gasteiger partial charge in [-0.1, -0.05) is 13.8 Å². The first-order chi connectivity index (χ1) is 4.54. The molecule has 0 radical (unpaired) electrons. The maximum absolute atomic E-state index is 5.54. The van der Waals surface area contributed by atoms with Gasteiger partial charge in [0.05, 0.1) is 0 Å². The zero-order chi connectivity index (χ0) is 7.78. The summed E-state index contributed by atoms with van der Waals surface area (Å²) in [6.45, 7) is 6.48. The average molecular weight is 158 g/mol. The Labute approximate surface area is 67.8 Å². The summed E-state index contributed by atoms with van der Waals surface area (Å²) < 4.78 is 5.54. The van der Waals surface area contributed by atoms with Gasteiger partial charge in [0.25, 0.3) is 0 Å². The first-order valence-corrected chi connectivity index (χ1v) is 4.17. The zero-order valence-electron chi connectivity index (χ0n) is 6.81. The Bertz CT molecular complexity index is 153. The molecule has 1 nitrogen and oxygen atoms in total. The summed E-state index contributed by atoms with van der Waals surface area (Å²) in [5.41, 5.74) is 0.0249. The highest BCUT2D eigenvalue weighted by molar-refractivity contribution is 7.80. The normalized spacial score (nSPS) is 33.0. The third-order valence-electron chi connectivity index (χ3n) is 2.39. The maximum Gasteiger partial charge on any atom is 0.160 e. The van der Waals surface area contributed by atoms with Crippen molar-refractivity contribution in [1.29, 1.82) is 0 Å². The Morgan fingerprint density at radius 2 is 2.20 bits per heavy atom. The SMILES string of the molecule is CC(C)C1(C)CCC(=S)O1. The minimum atomic E-state index is 0.0249. The van der Waals surface area contributed by atoms with Crippen LogP contribution in [0.2, 0.25) is 0 Å². The molecule has 0 aromatic carbocycles.